The van der Waals surface area contributed by atoms with Gasteiger partial charge in [0.15, 0.2) is 0 Å². The number of amides is 1. The fourth-order valence-corrected chi connectivity index (χ4v) is 2.91. The van der Waals surface area contributed by atoms with Gasteiger partial charge in [-0.3, -0.25) is 4.79 Å². The summed E-state index contributed by atoms with van der Waals surface area (Å²) >= 11 is 1.57. The molecule has 1 N–H and O–H groups in total. The van der Waals surface area contributed by atoms with E-state index >= 15 is 0 Å². The van der Waals surface area contributed by atoms with E-state index in [1.807, 2.05) is 29.6 Å². The number of nitrogens with zero attached hydrogens (tertiary/aromatic N) is 1. The fraction of sp³-hybridized carbons (Fsp3) is 0.333. The molecule has 1 amide bonds. The average Bonchev–Trinajstić information content (AvgIpc) is 3.18. The molecule has 104 valence electrons. The average molecular weight is 288 g/mol. The van der Waals surface area contributed by atoms with Crippen molar-refractivity contribution in [3.63, 3.8) is 0 Å². The van der Waals surface area contributed by atoms with E-state index in [1.165, 1.54) is 0 Å². The van der Waals surface area contributed by atoms with Crippen molar-refractivity contribution >= 4 is 17.2 Å². The number of ether oxygens (including phenoxy) is 1. The van der Waals surface area contributed by atoms with Gasteiger partial charge in [0.2, 0.25) is 0 Å². The standard InChI is InChI=1S/C15H16N2O2S/c18-14(17-10-13-5-2-7-19-13)11-3-1-4-12(9-11)15-16-6-8-20-15/h1,3-4,6,8-9,13H,2,5,7,10H2,(H,17,18). The van der Waals surface area contributed by atoms with Gasteiger partial charge in [-0.15, -0.1) is 11.3 Å². The van der Waals surface area contributed by atoms with Crippen LogP contribution in [0.5, 0.6) is 0 Å². The highest BCUT2D eigenvalue weighted by Crippen LogP contribution is 2.22. The van der Waals surface area contributed by atoms with Gasteiger partial charge in [0.05, 0.1) is 6.10 Å². The van der Waals surface area contributed by atoms with Crippen LogP contribution in [-0.4, -0.2) is 30.1 Å². The van der Waals surface area contributed by atoms with Gasteiger partial charge in [-0.1, -0.05) is 12.1 Å². The van der Waals surface area contributed by atoms with Crippen molar-refractivity contribution in [3.8, 4) is 10.6 Å². The molecule has 0 aliphatic carbocycles. The van der Waals surface area contributed by atoms with Crippen molar-refractivity contribution in [2.75, 3.05) is 13.2 Å². The molecule has 2 heterocycles. The number of carbonyl (C=O) groups is 1. The van der Waals surface area contributed by atoms with E-state index in [-0.39, 0.29) is 12.0 Å². The zero-order valence-corrected chi connectivity index (χ0v) is 11.9. The molecule has 1 atom stereocenters. The van der Waals surface area contributed by atoms with Crippen molar-refractivity contribution < 1.29 is 9.53 Å². The monoisotopic (exact) mass is 288 g/mol. The Balaban J connectivity index is 1.66. The molecule has 0 bridgehead atoms. The lowest BCUT2D eigenvalue weighted by atomic mass is 10.1. The first kappa shape index (κ1) is 13.3. The summed E-state index contributed by atoms with van der Waals surface area (Å²) in [7, 11) is 0. The molecule has 0 saturated carbocycles. The number of rotatable bonds is 4. The van der Waals surface area contributed by atoms with Crippen molar-refractivity contribution in [1.82, 2.24) is 10.3 Å². The summed E-state index contributed by atoms with van der Waals surface area (Å²) in [4.78, 5) is 16.4. The quantitative estimate of drug-likeness (QED) is 0.941. The molecular weight excluding hydrogens is 272 g/mol. The van der Waals surface area contributed by atoms with Crippen molar-refractivity contribution in [2.45, 2.75) is 18.9 Å². The molecule has 1 unspecified atom stereocenters. The molecule has 1 fully saturated rings. The Morgan fingerprint density at radius 3 is 3.20 bits per heavy atom. The van der Waals surface area contributed by atoms with Crippen LogP contribution in [0.25, 0.3) is 10.6 Å². The molecule has 1 aliphatic rings. The molecule has 5 heteroatoms. The van der Waals surface area contributed by atoms with Crippen LogP contribution in [0.4, 0.5) is 0 Å². The maximum absolute atomic E-state index is 12.1. The van der Waals surface area contributed by atoms with Gasteiger partial charge in [0.1, 0.15) is 5.01 Å². The number of hydrogen-bond acceptors (Lipinski definition) is 4. The number of hydrogen-bond donors (Lipinski definition) is 1. The number of carbonyl (C=O) groups excluding carboxylic acids is 1. The van der Waals surface area contributed by atoms with Crippen molar-refractivity contribution in [2.24, 2.45) is 0 Å². The van der Waals surface area contributed by atoms with Crippen LogP contribution in [0.3, 0.4) is 0 Å². The zero-order chi connectivity index (χ0) is 13.8. The van der Waals surface area contributed by atoms with Crippen LogP contribution in [0, 0.1) is 0 Å². The van der Waals surface area contributed by atoms with Gasteiger partial charge < -0.3 is 10.1 Å². The molecule has 1 aromatic carbocycles. The van der Waals surface area contributed by atoms with E-state index in [9.17, 15) is 4.79 Å². The minimum absolute atomic E-state index is 0.0566. The Morgan fingerprint density at radius 1 is 1.50 bits per heavy atom. The topological polar surface area (TPSA) is 51.2 Å². The van der Waals surface area contributed by atoms with Crippen LogP contribution in [0.15, 0.2) is 35.8 Å². The molecule has 4 nitrogen and oxygen atoms in total. The van der Waals surface area contributed by atoms with E-state index in [0.717, 1.165) is 30.0 Å². The summed E-state index contributed by atoms with van der Waals surface area (Å²) in [6.07, 6.45) is 4.05. The van der Waals surface area contributed by atoms with E-state index < -0.39 is 0 Å². The number of aromatic nitrogens is 1. The van der Waals surface area contributed by atoms with Gasteiger partial charge in [-0.2, -0.15) is 0 Å². The molecule has 0 radical (unpaired) electrons. The fourth-order valence-electron chi connectivity index (χ4n) is 2.27. The van der Waals surface area contributed by atoms with Gasteiger partial charge >= 0.3 is 0 Å². The summed E-state index contributed by atoms with van der Waals surface area (Å²) in [6.45, 7) is 1.39. The molecule has 20 heavy (non-hydrogen) atoms. The van der Waals surface area contributed by atoms with Gasteiger partial charge in [-0.05, 0) is 25.0 Å². The van der Waals surface area contributed by atoms with E-state index in [2.05, 4.69) is 10.3 Å². The third kappa shape index (κ3) is 3.05. The Morgan fingerprint density at radius 2 is 2.45 bits per heavy atom. The SMILES string of the molecule is O=C(NCC1CCCO1)c1cccc(-c2nccs2)c1. The molecule has 0 spiro atoms. The highest BCUT2D eigenvalue weighted by molar-refractivity contribution is 7.13. The van der Waals surface area contributed by atoms with E-state index in [0.29, 0.717) is 12.1 Å². The number of thiazole rings is 1. The summed E-state index contributed by atoms with van der Waals surface area (Å²) < 4.78 is 5.50. The van der Waals surface area contributed by atoms with Gasteiger partial charge in [0.25, 0.3) is 5.91 Å². The Labute approximate surface area is 121 Å². The predicted octanol–water partition coefficient (Wildman–Crippen LogP) is 2.72. The minimum atomic E-state index is -0.0566. The molecule has 1 saturated heterocycles. The maximum atomic E-state index is 12.1. The van der Waals surface area contributed by atoms with E-state index in [1.54, 1.807) is 17.5 Å². The van der Waals surface area contributed by atoms with Gasteiger partial charge in [-0.25, -0.2) is 4.98 Å². The summed E-state index contributed by atoms with van der Waals surface area (Å²) in [5.74, 6) is -0.0566. The van der Waals surface area contributed by atoms with Crippen LogP contribution >= 0.6 is 11.3 Å². The van der Waals surface area contributed by atoms with Gasteiger partial charge in [0, 0.05) is 35.9 Å². The molecular formula is C15H16N2O2S. The Kier molecular flexibility index (Phi) is 4.08. The van der Waals surface area contributed by atoms with Crippen molar-refractivity contribution in [3.05, 3.63) is 41.4 Å². The molecule has 1 aromatic heterocycles. The second-order valence-corrected chi connectivity index (χ2v) is 5.66. The molecule has 1 aliphatic heterocycles. The second kappa shape index (κ2) is 6.15. The summed E-state index contributed by atoms with van der Waals surface area (Å²) in [5.41, 5.74) is 1.64. The second-order valence-electron chi connectivity index (χ2n) is 4.76. The lowest BCUT2D eigenvalue weighted by Gasteiger charge is -2.11. The maximum Gasteiger partial charge on any atom is 0.251 e. The zero-order valence-electron chi connectivity index (χ0n) is 11.0. The first-order chi connectivity index (χ1) is 9.83. The predicted molar refractivity (Wildman–Crippen MR) is 78.9 cm³/mol. The summed E-state index contributed by atoms with van der Waals surface area (Å²) in [5, 5.41) is 5.79. The first-order valence-corrected chi connectivity index (χ1v) is 7.60. The van der Waals surface area contributed by atoms with Crippen LogP contribution in [0.2, 0.25) is 0 Å². The number of nitrogens with one attached hydrogen (secondary N) is 1. The normalized spacial score (nSPS) is 18.1. The molecule has 2 aromatic rings. The van der Waals surface area contributed by atoms with Crippen LogP contribution < -0.4 is 5.32 Å². The Bertz CT molecular complexity index is 577. The van der Waals surface area contributed by atoms with E-state index in [4.69, 9.17) is 4.74 Å². The first-order valence-electron chi connectivity index (χ1n) is 6.72. The third-order valence-corrected chi connectivity index (χ3v) is 4.14. The lowest BCUT2D eigenvalue weighted by Crippen LogP contribution is -2.31. The van der Waals surface area contributed by atoms with Crippen molar-refractivity contribution in [1.29, 1.82) is 0 Å². The van der Waals surface area contributed by atoms with Crippen LogP contribution in [0.1, 0.15) is 23.2 Å². The molecule has 3 rings (SSSR count). The minimum Gasteiger partial charge on any atom is -0.376 e. The largest absolute Gasteiger partial charge is 0.376 e. The lowest BCUT2D eigenvalue weighted by molar-refractivity contribution is 0.0858. The van der Waals surface area contributed by atoms with Crippen LogP contribution in [-0.2, 0) is 4.74 Å². The smallest absolute Gasteiger partial charge is 0.251 e. The number of benzene rings is 1. The summed E-state index contributed by atoms with van der Waals surface area (Å²) in [6, 6.07) is 7.55. The Hall–Kier alpha value is -1.72. The highest BCUT2D eigenvalue weighted by Gasteiger charge is 2.16. The highest BCUT2D eigenvalue weighted by atomic mass is 32.1. The third-order valence-electron chi connectivity index (χ3n) is 3.32.